The van der Waals surface area contributed by atoms with Crippen molar-refractivity contribution in [2.24, 2.45) is 5.92 Å². The predicted octanol–water partition coefficient (Wildman–Crippen LogP) is 0.622. The van der Waals surface area contributed by atoms with Crippen LogP contribution in [0.3, 0.4) is 0 Å². The summed E-state index contributed by atoms with van der Waals surface area (Å²) in [6, 6.07) is -2.66. The second-order valence-corrected chi connectivity index (χ2v) is 2.66. The summed E-state index contributed by atoms with van der Waals surface area (Å²) in [6.45, 7) is 3.95. The summed E-state index contributed by atoms with van der Waals surface area (Å²) in [5.74, 6) is -3.17. The number of carbonyl (C=O) groups is 2. The van der Waals surface area contributed by atoms with Gasteiger partial charge < -0.3 is 10.4 Å². The average Bonchev–Trinajstić information content (AvgIpc) is 2.01. The van der Waals surface area contributed by atoms with Crippen molar-refractivity contribution in [3.05, 3.63) is 0 Å². The molecular weight excluding hydrogens is 158 g/mol. The number of nitrogens with one attached hydrogen (secondary N) is 1. The minimum Gasteiger partial charge on any atom is -0.480 e. The fourth-order valence-corrected chi connectivity index (χ4v) is 0.616. The Bertz CT molecular complexity index is 280. The van der Waals surface area contributed by atoms with Crippen LogP contribution in [0.25, 0.3) is 0 Å². The molecule has 0 spiro atoms. The summed E-state index contributed by atoms with van der Waals surface area (Å²) in [5.41, 5.74) is 0. The molecule has 0 radical (unpaired) electrons. The molecule has 0 aromatic rings. The Hall–Kier alpha value is -1.06. The SMILES string of the molecule is [2H]C(NC(C)=O)(C(=O)O)C([2H])([2H])C(C)C. The molecule has 12 heavy (non-hydrogen) atoms. The van der Waals surface area contributed by atoms with Crippen LogP contribution in [-0.4, -0.2) is 23.0 Å². The maximum Gasteiger partial charge on any atom is 0.326 e. The van der Waals surface area contributed by atoms with Gasteiger partial charge in [0.15, 0.2) is 0 Å². The molecule has 1 amide bonds. The van der Waals surface area contributed by atoms with Crippen molar-refractivity contribution in [1.82, 2.24) is 5.32 Å². The van der Waals surface area contributed by atoms with Crippen LogP contribution >= 0.6 is 0 Å². The monoisotopic (exact) mass is 176 g/mol. The van der Waals surface area contributed by atoms with Crippen molar-refractivity contribution in [2.75, 3.05) is 0 Å². The number of carboxylic acids is 1. The number of hydrogen-bond acceptors (Lipinski definition) is 2. The second-order valence-electron chi connectivity index (χ2n) is 2.66. The van der Waals surface area contributed by atoms with Gasteiger partial charge >= 0.3 is 5.97 Å². The molecule has 0 saturated carbocycles. The van der Waals surface area contributed by atoms with Gasteiger partial charge in [-0.3, -0.25) is 4.79 Å². The molecule has 1 atom stereocenters. The zero-order valence-electron chi connectivity index (χ0n) is 10.3. The van der Waals surface area contributed by atoms with E-state index in [0.29, 0.717) is 0 Å². The van der Waals surface area contributed by atoms with Gasteiger partial charge in [0.25, 0.3) is 0 Å². The molecule has 4 nitrogen and oxygen atoms in total. The minimum atomic E-state index is -2.66. The highest BCUT2D eigenvalue weighted by Gasteiger charge is 2.18. The number of amides is 1. The molecule has 0 aliphatic heterocycles. The molecule has 0 aliphatic rings. The Morgan fingerprint density at radius 2 is 2.17 bits per heavy atom. The van der Waals surface area contributed by atoms with Crippen molar-refractivity contribution in [2.45, 2.75) is 33.2 Å². The first-order valence-electron chi connectivity index (χ1n) is 5.08. The molecule has 0 aromatic carbocycles. The van der Waals surface area contributed by atoms with E-state index < -0.39 is 30.2 Å². The molecule has 0 rings (SSSR count). The highest BCUT2D eigenvalue weighted by molar-refractivity contribution is 5.81. The number of aliphatic carboxylic acids is 1. The maximum atomic E-state index is 10.9. The van der Waals surface area contributed by atoms with Crippen LogP contribution in [0.1, 0.15) is 31.3 Å². The van der Waals surface area contributed by atoms with Crippen LogP contribution in [0, 0.1) is 5.92 Å². The number of carboxylic acid groups (broad SMARTS) is 1. The van der Waals surface area contributed by atoms with Crippen molar-refractivity contribution in [3.63, 3.8) is 0 Å². The van der Waals surface area contributed by atoms with Gasteiger partial charge in [0.2, 0.25) is 5.91 Å². The van der Waals surface area contributed by atoms with Gasteiger partial charge in [0.05, 0.1) is 1.37 Å². The van der Waals surface area contributed by atoms with Crippen LogP contribution < -0.4 is 5.32 Å². The Morgan fingerprint density at radius 3 is 2.42 bits per heavy atom. The standard InChI is InChI=1S/C8H15NO3/c1-5(2)4-7(8(11)12)9-6(3)10/h5,7H,4H2,1-3H3,(H,9,10)(H,11,12)/i4D2,7D. The fourth-order valence-electron chi connectivity index (χ4n) is 0.616. The first-order valence-corrected chi connectivity index (χ1v) is 3.58. The Labute approximate surface area is 76.2 Å². The van der Waals surface area contributed by atoms with Crippen LogP contribution in [0.15, 0.2) is 0 Å². The van der Waals surface area contributed by atoms with E-state index in [1.54, 1.807) is 0 Å². The lowest BCUT2D eigenvalue weighted by Crippen LogP contribution is -2.40. The summed E-state index contributed by atoms with van der Waals surface area (Å²) >= 11 is 0. The summed E-state index contributed by atoms with van der Waals surface area (Å²) < 4.78 is 22.6. The van der Waals surface area contributed by atoms with E-state index in [1.807, 2.05) is 5.32 Å². The fraction of sp³-hybridized carbons (Fsp3) is 0.750. The summed E-state index contributed by atoms with van der Waals surface area (Å²) in [6.07, 6.45) is -2.36. The largest absolute Gasteiger partial charge is 0.480 e. The molecule has 2 N–H and O–H groups in total. The zero-order valence-corrected chi connectivity index (χ0v) is 7.34. The first-order chi connectivity index (χ1) is 6.55. The van der Waals surface area contributed by atoms with E-state index in [9.17, 15) is 9.59 Å². The number of carbonyl (C=O) groups excluding carboxylic acids is 1. The van der Waals surface area contributed by atoms with E-state index >= 15 is 0 Å². The van der Waals surface area contributed by atoms with E-state index in [1.165, 1.54) is 13.8 Å². The van der Waals surface area contributed by atoms with Gasteiger partial charge in [-0.15, -0.1) is 0 Å². The highest BCUT2D eigenvalue weighted by atomic mass is 16.4. The molecule has 0 aliphatic carbocycles. The molecule has 70 valence electrons. The third-order valence-electron chi connectivity index (χ3n) is 0.948. The van der Waals surface area contributed by atoms with Crippen LogP contribution in [-0.2, 0) is 9.59 Å². The lowest BCUT2D eigenvalue weighted by molar-refractivity contribution is -0.142. The molecule has 0 aromatic heterocycles. The van der Waals surface area contributed by atoms with E-state index in [0.717, 1.165) is 6.92 Å². The third kappa shape index (κ3) is 4.71. The van der Waals surface area contributed by atoms with E-state index in [4.69, 9.17) is 9.22 Å². The van der Waals surface area contributed by atoms with Crippen molar-refractivity contribution in [3.8, 4) is 0 Å². The normalized spacial score (nSPS) is 20.2. The Kier molecular flexibility index (Phi) is 2.55. The molecule has 0 fully saturated rings. The molecule has 0 heterocycles. The zero-order chi connectivity index (χ0) is 12.4. The quantitative estimate of drug-likeness (QED) is 0.660. The maximum absolute atomic E-state index is 10.9. The smallest absolute Gasteiger partial charge is 0.326 e. The van der Waals surface area contributed by atoms with Gasteiger partial charge in [-0.1, -0.05) is 13.8 Å². The summed E-state index contributed by atoms with van der Waals surface area (Å²) in [5, 5.41) is 10.7. The Balaban J connectivity index is 5.29. The first kappa shape index (κ1) is 6.46. The van der Waals surface area contributed by atoms with Crippen LogP contribution in [0.5, 0.6) is 0 Å². The highest BCUT2D eigenvalue weighted by Crippen LogP contribution is 2.04. The van der Waals surface area contributed by atoms with Crippen molar-refractivity contribution >= 4 is 11.9 Å². The van der Waals surface area contributed by atoms with Gasteiger partial charge in [0, 0.05) is 9.67 Å². The minimum absolute atomic E-state index is 0.710. The number of rotatable bonds is 4. The van der Waals surface area contributed by atoms with Crippen LogP contribution in [0.2, 0.25) is 0 Å². The topological polar surface area (TPSA) is 66.4 Å². The number of hydrogen-bond donors (Lipinski definition) is 2. The van der Waals surface area contributed by atoms with Gasteiger partial charge in [-0.2, -0.15) is 0 Å². The Morgan fingerprint density at radius 1 is 1.67 bits per heavy atom. The summed E-state index contributed by atoms with van der Waals surface area (Å²) in [7, 11) is 0. The van der Waals surface area contributed by atoms with Crippen molar-refractivity contribution in [1.29, 1.82) is 0 Å². The lowest BCUT2D eigenvalue weighted by atomic mass is 10.0. The summed E-state index contributed by atoms with van der Waals surface area (Å²) in [4.78, 5) is 21.6. The van der Waals surface area contributed by atoms with Gasteiger partial charge in [-0.05, 0) is 12.3 Å². The molecule has 0 bridgehead atoms. The van der Waals surface area contributed by atoms with Gasteiger partial charge in [0.1, 0.15) is 6.02 Å². The van der Waals surface area contributed by atoms with E-state index in [2.05, 4.69) is 0 Å². The lowest BCUT2D eigenvalue weighted by Gasteiger charge is -2.14. The van der Waals surface area contributed by atoms with Gasteiger partial charge in [-0.25, -0.2) is 4.79 Å². The molecule has 4 heteroatoms. The molecular formula is C8H15NO3. The molecule has 0 saturated heterocycles. The third-order valence-corrected chi connectivity index (χ3v) is 0.948. The average molecular weight is 176 g/mol. The van der Waals surface area contributed by atoms with Crippen LogP contribution in [0.4, 0.5) is 0 Å². The second kappa shape index (κ2) is 4.74. The van der Waals surface area contributed by atoms with E-state index in [-0.39, 0.29) is 0 Å². The molecule has 1 unspecified atom stereocenters. The van der Waals surface area contributed by atoms with Crippen molar-refractivity contribution < 1.29 is 18.8 Å². The predicted molar refractivity (Wildman–Crippen MR) is 44.7 cm³/mol.